The normalized spacial score (nSPS) is 51.4. The Labute approximate surface area is 49.2 Å². The van der Waals surface area contributed by atoms with Gasteiger partial charge in [-0.05, 0) is 0 Å². The van der Waals surface area contributed by atoms with Gasteiger partial charge in [0.2, 0.25) is 0 Å². The summed E-state index contributed by atoms with van der Waals surface area (Å²) in [5.74, 6) is 1.72. The lowest BCUT2D eigenvalue weighted by atomic mass is 10.4. The van der Waals surface area contributed by atoms with E-state index in [0.29, 0.717) is 6.10 Å². The van der Waals surface area contributed by atoms with E-state index in [1.54, 1.807) is 0 Å². The van der Waals surface area contributed by atoms with Gasteiger partial charge in [0.15, 0.2) is 0 Å². The van der Waals surface area contributed by atoms with Crippen LogP contribution in [0.1, 0.15) is 0 Å². The summed E-state index contributed by atoms with van der Waals surface area (Å²) in [6, 6.07) is 0. The minimum Gasteiger partial charge on any atom is -0.381 e. The zero-order chi connectivity index (χ0) is 5.56. The van der Waals surface area contributed by atoms with E-state index < -0.39 is 0 Å². The fraction of sp³-hybridized carbons (Fsp3) is 1.00. The summed E-state index contributed by atoms with van der Waals surface area (Å²) in [5.41, 5.74) is 0. The van der Waals surface area contributed by atoms with Crippen LogP contribution in [0.2, 0.25) is 0 Å². The number of rotatable bonds is 1. The Morgan fingerprint density at radius 2 is 2.00 bits per heavy atom. The Kier molecular flexibility index (Phi) is 0.866. The number of piperidine rings is 1. The zero-order valence-corrected chi connectivity index (χ0v) is 5.05. The molecule has 1 unspecified atom stereocenters. The van der Waals surface area contributed by atoms with E-state index >= 15 is 0 Å². The van der Waals surface area contributed by atoms with E-state index in [2.05, 4.69) is 5.32 Å². The molecule has 1 saturated heterocycles. The predicted molar refractivity (Wildman–Crippen MR) is 30.6 cm³/mol. The van der Waals surface area contributed by atoms with Gasteiger partial charge >= 0.3 is 0 Å². The lowest BCUT2D eigenvalue weighted by Crippen LogP contribution is -2.17. The van der Waals surface area contributed by atoms with Crippen LogP contribution in [0.3, 0.4) is 0 Å². The largest absolute Gasteiger partial charge is 0.381 e. The van der Waals surface area contributed by atoms with E-state index in [0.717, 1.165) is 11.8 Å². The van der Waals surface area contributed by atoms with Gasteiger partial charge in [0, 0.05) is 32.0 Å². The molecular weight excluding hydrogens is 102 g/mol. The lowest BCUT2D eigenvalue weighted by Gasteiger charge is -1.99. The van der Waals surface area contributed by atoms with Crippen molar-refractivity contribution in [3.05, 3.63) is 0 Å². The maximum absolute atomic E-state index is 5.19. The molecule has 0 amide bonds. The van der Waals surface area contributed by atoms with Crippen molar-refractivity contribution < 1.29 is 4.74 Å². The Morgan fingerprint density at radius 1 is 1.38 bits per heavy atom. The van der Waals surface area contributed by atoms with Gasteiger partial charge in [0.1, 0.15) is 0 Å². The lowest BCUT2D eigenvalue weighted by molar-refractivity contribution is 0.153. The molecular formula is C6H11NO. The first-order valence-corrected chi connectivity index (χ1v) is 3.17. The van der Waals surface area contributed by atoms with Crippen molar-refractivity contribution in [1.29, 1.82) is 0 Å². The molecule has 0 aromatic carbocycles. The number of nitrogens with one attached hydrogen (secondary N) is 1. The first kappa shape index (κ1) is 4.77. The Hall–Kier alpha value is -0.0800. The van der Waals surface area contributed by atoms with Gasteiger partial charge in [-0.1, -0.05) is 0 Å². The van der Waals surface area contributed by atoms with E-state index in [9.17, 15) is 0 Å². The second kappa shape index (κ2) is 1.45. The van der Waals surface area contributed by atoms with Crippen molar-refractivity contribution in [2.24, 2.45) is 11.8 Å². The van der Waals surface area contributed by atoms with Crippen LogP contribution in [0.25, 0.3) is 0 Å². The van der Waals surface area contributed by atoms with Gasteiger partial charge < -0.3 is 10.1 Å². The van der Waals surface area contributed by atoms with Crippen LogP contribution >= 0.6 is 0 Å². The second-order valence-corrected chi connectivity index (χ2v) is 2.69. The number of hydrogen-bond acceptors (Lipinski definition) is 2. The summed E-state index contributed by atoms with van der Waals surface area (Å²) in [7, 11) is 1.81. The van der Waals surface area contributed by atoms with Gasteiger partial charge in [-0.2, -0.15) is 0 Å². The summed E-state index contributed by atoms with van der Waals surface area (Å²) in [4.78, 5) is 0. The fourth-order valence-corrected chi connectivity index (χ4v) is 1.71. The van der Waals surface area contributed by atoms with E-state index in [-0.39, 0.29) is 0 Å². The van der Waals surface area contributed by atoms with Crippen molar-refractivity contribution in [3.63, 3.8) is 0 Å². The van der Waals surface area contributed by atoms with Crippen molar-refractivity contribution in [3.8, 4) is 0 Å². The topological polar surface area (TPSA) is 21.3 Å². The quantitative estimate of drug-likeness (QED) is 0.510. The molecule has 2 aliphatic rings. The maximum atomic E-state index is 5.19. The van der Waals surface area contributed by atoms with Gasteiger partial charge in [0.05, 0.1) is 6.10 Å². The summed E-state index contributed by atoms with van der Waals surface area (Å²) in [6.07, 6.45) is 0.608. The molecule has 2 heteroatoms. The SMILES string of the molecule is COC1[C@H]2CNC[C@@H]12. The van der Waals surface area contributed by atoms with Crippen LogP contribution < -0.4 is 5.32 Å². The third-order valence-electron chi connectivity index (χ3n) is 2.29. The molecule has 3 atom stereocenters. The van der Waals surface area contributed by atoms with Crippen LogP contribution in [0.15, 0.2) is 0 Å². The van der Waals surface area contributed by atoms with Crippen LogP contribution in [0, 0.1) is 11.8 Å². The first-order chi connectivity index (χ1) is 3.93. The maximum Gasteiger partial charge on any atom is 0.0660 e. The van der Waals surface area contributed by atoms with Crippen LogP contribution in [0.5, 0.6) is 0 Å². The highest BCUT2D eigenvalue weighted by Gasteiger charge is 2.53. The molecule has 2 rings (SSSR count). The molecule has 0 radical (unpaired) electrons. The van der Waals surface area contributed by atoms with Crippen LogP contribution in [-0.4, -0.2) is 26.3 Å². The van der Waals surface area contributed by atoms with Crippen LogP contribution in [-0.2, 0) is 4.74 Å². The van der Waals surface area contributed by atoms with Crippen molar-refractivity contribution in [2.75, 3.05) is 20.2 Å². The summed E-state index contributed by atoms with van der Waals surface area (Å²) < 4.78 is 5.19. The minimum atomic E-state index is 0.608. The average molecular weight is 113 g/mol. The van der Waals surface area contributed by atoms with Gasteiger partial charge in [-0.15, -0.1) is 0 Å². The minimum absolute atomic E-state index is 0.608. The van der Waals surface area contributed by atoms with Crippen molar-refractivity contribution >= 4 is 0 Å². The number of ether oxygens (including phenoxy) is 1. The van der Waals surface area contributed by atoms with E-state index in [4.69, 9.17) is 4.74 Å². The molecule has 2 fully saturated rings. The Morgan fingerprint density at radius 3 is 2.38 bits per heavy atom. The number of methoxy groups -OCH3 is 1. The molecule has 1 heterocycles. The van der Waals surface area contributed by atoms with Gasteiger partial charge in [-0.3, -0.25) is 0 Å². The molecule has 1 N–H and O–H groups in total. The zero-order valence-electron chi connectivity index (χ0n) is 5.05. The molecule has 2 nitrogen and oxygen atoms in total. The molecule has 1 saturated carbocycles. The highest BCUT2D eigenvalue weighted by Crippen LogP contribution is 2.43. The molecule has 1 aliphatic heterocycles. The summed E-state index contributed by atoms with van der Waals surface area (Å²) in [6.45, 7) is 2.37. The van der Waals surface area contributed by atoms with Gasteiger partial charge in [-0.25, -0.2) is 0 Å². The second-order valence-electron chi connectivity index (χ2n) is 2.69. The predicted octanol–water partition coefficient (Wildman–Crippen LogP) is -0.149. The average Bonchev–Trinajstić information content (AvgIpc) is 2.22. The van der Waals surface area contributed by atoms with Crippen LogP contribution in [0.4, 0.5) is 0 Å². The number of hydrogen-bond donors (Lipinski definition) is 1. The molecule has 1 aliphatic carbocycles. The molecule has 0 bridgehead atoms. The summed E-state index contributed by atoms with van der Waals surface area (Å²) >= 11 is 0. The first-order valence-electron chi connectivity index (χ1n) is 3.17. The van der Waals surface area contributed by atoms with Gasteiger partial charge in [0.25, 0.3) is 0 Å². The summed E-state index contributed by atoms with van der Waals surface area (Å²) in [5, 5.41) is 3.31. The standard InChI is InChI=1S/C6H11NO/c1-8-6-4-2-7-3-5(4)6/h4-7H,2-3H2,1H3/t4-,5+,6?. The van der Waals surface area contributed by atoms with E-state index in [1.807, 2.05) is 7.11 Å². The molecule has 0 spiro atoms. The smallest absolute Gasteiger partial charge is 0.0660 e. The molecule has 8 heavy (non-hydrogen) atoms. The molecule has 0 aromatic heterocycles. The third-order valence-corrected chi connectivity index (χ3v) is 2.29. The van der Waals surface area contributed by atoms with Crippen molar-refractivity contribution in [2.45, 2.75) is 6.10 Å². The highest BCUT2D eigenvalue weighted by molar-refractivity contribution is 5.05. The third kappa shape index (κ3) is 0.446. The Bertz CT molecular complexity index is 87.9. The Balaban J connectivity index is 1.94. The van der Waals surface area contributed by atoms with Crippen molar-refractivity contribution in [1.82, 2.24) is 5.32 Å². The fourth-order valence-electron chi connectivity index (χ4n) is 1.71. The number of fused-ring (bicyclic) bond motifs is 1. The monoisotopic (exact) mass is 113 g/mol. The highest BCUT2D eigenvalue weighted by atomic mass is 16.5. The molecule has 0 aromatic rings. The van der Waals surface area contributed by atoms with E-state index in [1.165, 1.54) is 13.1 Å². The molecule has 46 valence electrons.